The van der Waals surface area contributed by atoms with E-state index in [0.717, 1.165) is 16.9 Å². The highest BCUT2D eigenvalue weighted by Gasteiger charge is 2.08. The van der Waals surface area contributed by atoms with Gasteiger partial charge in [-0.15, -0.1) is 0 Å². The van der Waals surface area contributed by atoms with Gasteiger partial charge in [0.2, 0.25) is 0 Å². The number of rotatable bonds is 2. The fourth-order valence-corrected chi connectivity index (χ4v) is 1.43. The Labute approximate surface area is 82.3 Å². The van der Waals surface area contributed by atoms with Crippen LogP contribution in [0.3, 0.4) is 0 Å². The summed E-state index contributed by atoms with van der Waals surface area (Å²) in [5, 5.41) is 0. The second kappa shape index (κ2) is 3.17. The van der Waals surface area contributed by atoms with E-state index in [1.807, 2.05) is 32.1 Å². The summed E-state index contributed by atoms with van der Waals surface area (Å²) in [5.74, 6) is 0. The predicted molar refractivity (Wildman–Crippen MR) is 57.1 cm³/mol. The average molecular weight is 191 g/mol. The van der Waals surface area contributed by atoms with Gasteiger partial charge in [-0.2, -0.15) is 0 Å². The highest BCUT2D eigenvalue weighted by atomic mass is 15.4. The van der Waals surface area contributed by atoms with Gasteiger partial charge in [-0.25, -0.2) is 14.6 Å². The zero-order valence-corrected chi connectivity index (χ0v) is 8.52. The van der Waals surface area contributed by atoms with Gasteiger partial charge in [0, 0.05) is 27.3 Å². The van der Waals surface area contributed by atoms with E-state index in [1.165, 1.54) is 0 Å². The van der Waals surface area contributed by atoms with Crippen LogP contribution in [0.5, 0.6) is 0 Å². The van der Waals surface area contributed by atoms with E-state index in [2.05, 4.69) is 15.4 Å². The minimum Gasteiger partial charge on any atom is -0.376 e. The molecule has 74 valence electrons. The van der Waals surface area contributed by atoms with Gasteiger partial charge in [0.1, 0.15) is 11.8 Å². The van der Waals surface area contributed by atoms with E-state index in [4.69, 9.17) is 0 Å². The number of fused-ring (bicyclic) bond motifs is 1. The highest BCUT2D eigenvalue weighted by Crippen LogP contribution is 2.20. The van der Waals surface area contributed by atoms with Crippen molar-refractivity contribution in [2.75, 3.05) is 31.5 Å². The monoisotopic (exact) mass is 191 g/mol. The van der Waals surface area contributed by atoms with Crippen LogP contribution in [0.15, 0.2) is 18.6 Å². The lowest BCUT2D eigenvalue weighted by Crippen LogP contribution is -2.10. The van der Waals surface area contributed by atoms with Gasteiger partial charge in [-0.05, 0) is 6.07 Å². The molecule has 0 aliphatic rings. The van der Waals surface area contributed by atoms with Gasteiger partial charge in [-0.3, -0.25) is 0 Å². The number of pyridine rings is 1. The van der Waals surface area contributed by atoms with Crippen molar-refractivity contribution in [3.8, 4) is 0 Å². The van der Waals surface area contributed by atoms with Crippen molar-refractivity contribution in [2.45, 2.75) is 0 Å². The minimum atomic E-state index is 0.846. The van der Waals surface area contributed by atoms with Gasteiger partial charge < -0.3 is 10.3 Å². The zero-order valence-electron chi connectivity index (χ0n) is 8.52. The SMILES string of the molecule is CNn1cnc2c(N(C)C)ccnc21. The number of hydrogen-bond acceptors (Lipinski definition) is 4. The maximum atomic E-state index is 4.31. The molecule has 0 saturated heterocycles. The molecule has 0 aliphatic heterocycles. The Morgan fingerprint density at radius 1 is 1.36 bits per heavy atom. The third-order valence-electron chi connectivity index (χ3n) is 2.14. The average Bonchev–Trinajstić information content (AvgIpc) is 2.59. The van der Waals surface area contributed by atoms with E-state index in [9.17, 15) is 0 Å². The number of hydrogen-bond donors (Lipinski definition) is 1. The van der Waals surface area contributed by atoms with Crippen LogP contribution in [0.4, 0.5) is 5.69 Å². The second-order valence-electron chi connectivity index (χ2n) is 3.23. The molecule has 2 heterocycles. The van der Waals surface area contributed by atoms with E-state index < -0.39 is 0 Å². The van der Waals surface area contributed by atoms with Gasteiger partial charge >= 0.3 is 0 Å². The standard InChI is InChI=1S/C9H13N5/c1-10-14-6-12-8-7(13(2)3)4-5-11-9(8)14/h4-6,10H,1-3H3. The lowest BCUT2D eigenvalue weighted by atomic mass is 10.3. The number of imidazole rings is 1. The van der Waals surface area contributed by atoms with E-state index in [0.29, 0.717) is 0 Å². The van der Waals surface area contributed by atoms with Crippen LogP contribution < -0.4 is 10.3 Å². The molecule has 0 aliphatic carbocycles. The summed E-state index contributed by atoms with van der Waals surface area (Å²) in [4.78, 5) is 10.6. The summed E-state index contributed by atoms with van der Waals surface area (Å²) in [6, 6.07) is 1.95. The summed E-state index contributed by atoms with van der Waals surface area (Å²) in [7, 11) is 5.82. The first-order chi connectivity index (χ1) is 6.74. The van der Waals surface area contributed by atoms with Crippen molar-refractivity contribution in [1.82, 2.24) is 14.6 Å². The lowest BCUT2D eigenvalue weighted by Gasteiger charge is -2.12. The quantitative estimate of drug-likeness (QED) is 0.758. The van der Waals surface area contributed by atoms with Crippen LogP contribution in [-0.2, 0) is 0 Å². The molecule has 0 bridgehead atoms. The van der Waals surface area contributed by atoms with Crippen LogP contribution in [0.2, 0.25) is 0 Å². The van der Waals surface area contributed by atoms with Crippen molar-refractivity contribution >= 4 is 16.9 Å². The lowest BCUT2D eigenvalue weighted by molar-refractivity contribution is 0.940. The molecule has 2 aromatic rings. The molecule has 0 radical (unpaired) electrons. The largest absolute Gasteiger partial charge is 0.376 e. The van der Waals surface area contributed by atoms with Gasteiger partial charge in [0.25, 0.3) is 0 Å². The van der Waals surface area contributed by atoms with Crippen molar-refractivity contribution in [1.29, 1.82) is 0 Å². The molecule has 2 aromatic heterocycles. The van der Waals surface area contributed by atoms with E-state index in [1.54, 1.807) is 17.2 Å². The number of aromatic nitrogens is 3. The van der Waals surface area contributed by atoms with Gasteiger partial charge in [0.15, 0.2) is 5.65 Å². The molecule has 0 amide bonds. The summed E-state index contributed by atoms with van der Waals surface area (Å²) in [6.45, 7) is 0. The first-order valence-electron chi connectivity index (χ1n) is 4.41. The fraction of sp³-hybridized carbons (Fsp3) is 0.333. The fourth-order valence-electron chi connectivity index (χ4n) is 1.43. The molecular weight excluding hydrogens is 178 g/mol. The molecule has 5 nitrogen and oxygen atoms in total. The van der Waals surface area contributed by atoms with E-state index >= 15 is 0 Å². The van der Waals surface area contributed by atoms with Crippen molar-refractivity contribution in [2.24, 2.45) is 0 Å². The van der Waals surface area contributed by atoms with Crippen LogP contribution in [-0.4, -0.2) is 35.8 Å². The maximum Gasteiger partial charge on any atom is 0.180 e. The van der Waals surface area contributed by atoms with Crippen molar-refractivity contribution in [3.63, 3.8) is 0 Å². The molecule has 5 heteroatoms. The molecule has 1 N–H and O–H groups in total. The first kappa shape index (κ1) is 8.80. The highest BCUT2D eigenvalue weighted by molar-refractivity contribution is 5.85. The third-order valence-corrected chi connectivity index (χ3v) is 2.14. The Bertz CT molecular complexity index is 445. The van der Waals surface area contributed by atoms with E-state index in [-0.39, 0.29) is 0 Å². The predicted octanol–water partition coefficient (Wildman–Crippen LogP) is 0.671. The Kier molecular flexibility index (Phi) is 1.99. The molecule has 0 atom stereocenters. The van der Waals surface area contributed by atoms with Crippen LogP contribution >= 0.6 is 0 Å². The van der Waals surface area contributed by atoms with Crippen LogP contribution in [0.1, 0.15) is 0 Å². The molecule has 2 rings (SSSR count). The van der Waals surface area contributed by atoms with Gasteiger partial charge in [-0.1, -0.05) is 0 Å². The van der Waals surface area contributed by atoms with Gasteiger partial charge in [0.05, 0.1) is 5.69 Å². The van der Waals surface area contributed by atoms with Crippen molar-refractivity contribution in [3.05, 3.63) is 18.6 Å². The molecule has 0 fully saturated rings. The first-order valence-corrected chi connectivity index (χ1v) is 4.41. The Morgan fingerprint density at radius 2 is 2.14 bits per heavy atom. The molecule has 0 saturated carbocycles. The minimum absolute atomic E-state index is 0.846. The Morgan fingerprint density at radius 3 is 2.79 bits per heavy atom. The summed E-state index contributed by atoms with van der Waals surface area (Å²) in [5.41, 5.74) is 5.82. The number of nitrogens with one attached hydrogen (secondary N) is 1. The molecule has 0 unspecified atom stereocenters. The Hall–Kier alpha value is -1.78. The third kappa shape index (κ3) is 1.17. The topological polar surface area (TPSA) is 46.0 Å². The molecule has 14 heavy (non-hydrogen) atoms. The Balaban J connectivity index is 2.70. The zero-order chi connectivity index (χ0) is 10.1. The van der Waals surface area contributed by atoms with Crippen molar-refractivity contribution < 1.29 is 0 Å². The molecular formula is C9H13N5. The number of anilines is 1. The van der Waals surface area contributed by atoms with Crippen LogP contribution in [0, 0.1) is 0 Å². The smallest absolute Gasteiger partial charge is 0.180 e. The van der Waals surface area contributed by atoms with Crippen LogP contribution in [0.25, 0.3) is 11.2 Å². The summed E-state index contributed by atoms with van der Waals surface area (Å²) < 4.78 is 1.79. The summed E-state index contributed by atoms with van der Waals surface area (Å²) >= 11 is 0. The summed E-state index contributed by atoms with van der Waals surface area (Å²) in [6.07, 6.45) is 3.51. The molecule has 0 aromatic carbocycles. The normalized spacial score (nSPS) is 10.5. The number of nitrogens with zero attached hydrogens (tertiary/aromatic N) is 4. The molecule has 0 spiro atoms. The maximum absolute atomic E-state index is 4.31. The second-order valence-corrected chi connectivity index (χ2v) is 3.23.